The molecule has 3 heteroatoms. The molecule has 1 saturated carbocycles. The van der Waals surface area contributed by atoms with Gasteiger partial charge in [0.2, 0.25) is 5.91 Å². The Labute approximate surface area is 72.9 Å². The van der Waals surface area contributed by atoms with E-state index in [9.17, 15) is 4.79 Å². The van der Waals surface area contributed by atoms with E-state index in [-0.39, 0.29) is 12.5 Å². The van der Waals surface area contributed by atoms with Gasteiger partial charge in [0, 0.05) is 13.1 Å². The highest BCUT2D eigenvalue weighted by molar-refractivity contribution is 5.78. The van der Waals surface area contributed by atoms with Crippen molar-refractivity contribution in [3.8, 4) is 0 Å². The summed E-state index contributed by atoms with van der Waals surface area (Å²) in [5, 5.41) is 0. The van der Waals surface area contributed by atoms with Crippen molar-refractivity contribution in [3.63, 3.8) is 0 Å². The minimum absolute atomic E-state index is 0.129. The van der Waals surface area contributed by atoms with E-state index in [2.05, 4.69) is 0 Å². The van der Waals surface area contributed by atoms with E-state index in [1.165, 1.54) is 19.3 Å². The Morgan fingerprint density at radius 1 is 1.33 bits per heavy atom. The number of amides is 1. The highest BCUT2D eigenvalue weighted by Gasteiger charge is 2.37. The van der Waals surface area contributed by atoms with Gasteiger partial charge in [-0.3, -0.25) is 4.79 Å². The molecule has 12 heavy (non-hydrogen) atoms. The number of carbonyl (C=O) groups is 1. The Hall–Kier alpha value is -0.570. The molecule has 2 atom stereocenters. The van der Waals surface area contributed by atoms with Crippen LogP contribution < -0.4 is 5.73 Å². The monoisotopic (exact) mass is 168 g/mol. The van der Waals surface area contributed by atoms with Crippen molar-refractivity contribution in [1.29, 1.82) is 0 Å². The first kappa shape index (κ1) is 8.05. The number of likely N-dealkylation sites (tertiary alicyclic amines) is 1. The molecule has 2 rings (SSSR count). The maximum Gasteiger partial charge on any atom is 0.236 e. The van der Waals surface area contributed by atoms with Gasteiger partial charge in [0.25, 0.3) is 0 Å². The van der Waals surface area contributed by atoms with E-state index in [4.69, 9.17) is 5.73 Å². The fraction of sp³-hybridized carbons (Fsp3) is 0.889. The van der Waals surface area contributed by atoms with Crippen LogP contribution in [0.5, 0.6) is 0 Å². The lowest BCUT2D eigenvalue weighted by molar-refractivity contribution is -0.128. The Kier molecular flexibility index (Phi) is 2.05. The van der Waals surface area contributed by atoms with Gasteiger partial charge < -0.3 is 10.6 Å². The van der Waals surface area contributed by atoms with Crippen LogP contribution in [0.2, 0.25) is 0 Å². The van der Waals surface area contributed by atoms with E-state index in [1.54, 1.807) is 0 Å². The normalized spacial score (nSPS) is 33.9. The van der Waals surface area contributed by atoms with Crippen LogP contribution in [0.3, 0.4) is 0 Å². The topological polar surface area (TPSA) is 46.3 Å². The van der Waals surface area contributed by atoms with Gasteiger partial charge in [-0.1, -0.05) is 6.42 Å². The SMILES string of the molecule is NCC(=O)N1CC2CCCC2C1. The van der Waals surface area contributed by atoms with Gasteiger partial charge in [0.15, 0.2) is 0 Å². The van der Waals surface area contributed by atoms with Crippen LogP contribution in [0.15, 0.2) is 0 Å². The second-order valence-corrected chi connectivity index (χ2v) is 3.95. The largest absolute Gasteiger partial charge is 0.341 e. The summed E-state index contributed by atoms with van der Waals surface area (Å²) < 4.78 is 0. The first-order valence-electron chi connectivity index (χ1n) is 4.79. The number of hydrogen-bond donors (Lipinski definition) is 1. The number of rotatable bonds is 1. The molecule has 0 bridgehead atoms. The van der Waals surface area contributed by atoms with Crippen molar-refractivity contribution in [2.75, 3.05) is 19.6 Å². The van der Waals surface area contributed by atoms with Gasteiger partial charge in [-0.05, 0) is 24.7 Å². The second kappa shape index (κ2) is 3.05. The molecule has 3 nitrogen and oxygen atoms in total. The van der Waals surface area contributed by atoms with E-state index in [0.29, 0.717) is 0 Å². The lowest BCUT2D eigenvalue weighted by atomic mass is 10.0. The Morgan fingerprint density at radius 3 is 2.42 bits per heavy atom. The summed E-state index contributed by atoms with van der Waals surface area (Å²) in [7, 11) is 0. The second-order valence-electron chi connectivity index (χ2n) is 3.95. The standard InChI is InChI=1S/C9H16N2O/c10-4-9(12)11-5-7-2-1-3-8(7)6-11/h7-8H,1-6,10H2. The lowest BCUT2D eigenvalue weighted by Crippen LogP contribution is -2.34. The van der Waals surface area contributed by atoms with Gasteiger partial charge in [-0.2, -0.15) is 0 Å². The fourth-order valence-electron chi connectivity index (χ4n) is 2.57. The molecule has 1 saturated heterocycles. The number of carbonyl (C=O) groups excluding carboxylic acids is 1. The highest BCUT2D eigenvalue weighted by Crippen LogP contribution is 2.37. The van der Waals surface area contributed by atoms with Crippen molar-refractivity contribution >= 4 is 5.91 Å². The smallest absolute Gasteiger partial charge is 0.236 e. The summed E-state index contributed by atoms with van der Waals surface area (Å²) in [6, 6.07) is 0. The minimum atomic E-state index is 0.129. The third-order valence-corrected chi connectivity index (χ3v) is 3.25. The zero-order valence-electron chi connectivity index (χ0n) is 7.33. The molecule has 2 fully saturated rings. The average Bonchev–Trinajstić information content (AvgIpc) is 2.60. The van der Waals surface area contributed by atoms with Crippen molar-refractivity contribution in [3.05, 3.63) is 0 Å². The third kappa shape index (κ3) is 1.22. The van der Waals surface area contributed by atoms with Gasteiger partial charge in [0.1, 0.15) is 0 Å². The predicted molar refractivity (Wildman–Crippen MR) is 46.5 cm³/mol. The summed E-state index contributed by atoms with van der Waals surface area (Å²) in [6.45, 7) is 2.13. The molecule has 2 aliphatic rings. The summed E-state index contributed by atoms with van der Waals surface area (Å²) >= 11 is 0. The molecular weight excluding hydrogens is 152 g/mol. The van der Waals surface area contributed by atoms with Crippen LogP contribution in [0, 0.1) is 11.8 Å². The molecule has 1 aliphatic heterocycles. The maximum atomic E-state index is 11.2. The Bertz CT molecular complexity index is 181. The zero-order chi connectivity index (χ0) is 8.55. The summed E-state index contributed by atoms with van der Waals surface area (Å²) in [6.07, 6.45) is 4.00. The molecule has 2 unspecified atom stereocenters. The van der Waals surface area contributed by atoms with E-state index < -0.39 is 0 Å². The summed E-state index contributed by atoms with van der Waals surface area (Å²) in [5.74, 6) is 1.71. The van der Waals surface area contributed by atoms with Crippen LogP contribution in [0.1, 0.15) is 19.3 Å². The number of fused-ring (bicyclic) bond motifs is 1. The molecule has 0 aromatic rings. The molecule has 68 valence electrons. The lowest BCUT2D eigenvalue weighted by Gasteiger charge is -2.15. The number of hydrogen-bond acceptors (Lipinski definition) is 2. The quantitative estimate of drug-likeness (QED) is 0.608. The Morgan fingerprint density at radius 2 is 1.92 bits per heavy atom. The van der Waals surface area contributed by atoms with E-state index in [0.717, 1.165) is 24.9 Å². The zero-order valence-corrected chi connectivity index (χ0v) is 7.33. The fourth-order valence-corrected chi connectivity index (χ4v) is 2.57. The molecule has 0 aromatic carbocycles. The van der Waals surface area contributed by atoms with Gasteiger partial charge >= 0.3 is 0 Å². The third-order valence-electron chi connectivity index (χ3n) is 3.25. The molecule has 0 radical (unpaired) electrons. The summed E-state index contributed by atoms with van der Waals surface area (Å²) in [4.78, 5) is 13.2. The van der Waals surface area contributed by atoms with Crippen LogP contribution in [-0.4, -0.2) is 30.4 Å². The van der Waals surface area contributed by atoms with Crippen molar-refractivity contribution < 1.29 is 4.79 Å². The summed E-state index contributed by atoms with van der Waals surface area (Å²) in [5.41, 5.74) is 5.31. The molecule has 1 aliphatic carbocycles. The van der Waals surface area contributed by atoms with Crippen molar-refractivity contribution in [2.24, 2.45) is 17.6 Å². The molecule has 0 aromatic heterocycles. The van der Waals surface area contributed by atoms with Crippen molar-refractivity contribution in [1.82, 2.24) is 4.90 Å². The van der Waals surface area contributed by atoms with Gasteiger partial charge in [-0.25, -0.2) is 0 Å². The number of nitrogens with zero attached hydrogens (tertiary/aromatic N) is 1. The van der Waals surface area contributed by atoms with Crippen LogP contribution in [0.4, 0.5) is 0 Å². The van der Waals surface area contributed by atoms with Gasteiger partial charge in [-0.15, -0.1) is 0 Å². The molecular formula is C9H16N2O. The first-order chi connectivity index (χ1) is 5.81. The average molecular weight is 168 g/mol. The highest BCUT2D eigenvalue weighted by atomic mass is 16.2. The molecule has 2 N–H and O–H groups in total. The van der Waals surface area contributed by atoms with Crippen LogP contribution >= 0.6 is 0 Å². The van der Waals surface area contributed by atoms with Crippen LogP contribution in [0.25, 0.3) is 0 Å². The Balaban J connectivity index is 1.94. The van der Waals surface area contributed by atoms with Gasteiger partial charge in [0.05, 0.1) is 6.54 Å². The maximum absolute atomic E-state index is 11.2. The van der Waals surface area contributed by atoms with Crippen LogP contribution in [-0.2, 0) is 4.79 Å². The first-order valence-corrected chi connectivity index (χ1v) is 4.79. The van der Waals surface area contributed by atoms with E-state index >= 15 is 0 Å². The van der Waals surface area contributed by atoms with Crippen molar-refractivity contribution in [2.45, 2.75) is 19.3 Å². The molecule has 0 spiro atoms. The molecule has 1 heterocycles. The van der Waals surface area contributed by atoms with E-state index in [1.807, 2.05) is 4.90 Å². The minimum Gasteiger partial charge on any atom is -0.341 e. The number of nitrogens with two attached hydrogens (primary N) is 1. The predicted octanol–water partition coefficient (Wildman–Crippen LogP) is 0.204. The molecule has 1 amide bonds.